The van der Waals surface area contributed by atoms with E-state index in [4.69, 9.17) is 0 Å². The number of rotatable bonds is 6. The van der Waals surface area contributed by atoms with Crippen molar-refractivity contribution in [3.63, 3.8) is 0 Å². The first-order valence-corrected chi connectivity index (χ1v) is 8.78. The van der Waals surface area contributed by atoms with Crippen LogP contribution in [0.3, 0.4) is 0 Å². The summed E-state index contributed by atoms with van der Waals surface area (Å²) >= 11 is 0. The minimum Gasteiger partial charge on any atom is -0.303 e. The lowest BCUT2D eigenvalue weighted by molar-refractivity contribution is 0.0972. The average Bonchev–Trinajstić information content (AvgIpc) is 2.63. The fourth-order valence-corrected chi connectivity index (χ4v) is 3.46. The van der Waals surface area contributed by atoms with Crippen LogP contribution in [0.5, 0.6) is 0 Å². The van der Waals surface area contributed by atoms with Gasteiger partial charge in [-0.2, -0.15) is 0 Å². The van der Waals surface area contributed by atoms with E-state index >= 15 is 0 Å². The zero-order valence-corrected chi connectivity index (χ0v) is 14.0. The quantitative estimate of drug-likeness (QED) is 0.720. The maximum Gasteiger partial charge on any atom is 0.162 e. The van der Waals surface area contributed by atoms with Gasteiger partial charge in [0.05, 0.1) is 0 Å². The lowest BCUT2D eigenvalue weighted by Crippen LogP contribution is -2.33. The van der Waals surface area contributed by atoms with E-state index in [0.717, 1.165) is 26.1 Å². The number of hydrogen-bond acceptors (Lipinski definition) is 2. The molecule has 0 spiro atoms. The van der Waals surface area contributed by atoms with E-state index < -0.39 is 0 Å². The summed E-state index contributed by atoms with van der Waals surface area (Å²) in [7, 11) is 0. The number of Topliss-reactive ketones (excluding diaryl/α,β-unsaturated/α-hetero) is 1. The van der Waals surface area contributed by atoms with Crippen LogP contribution in [0, 0.1) is 5.82 Å². The Balaban J connectivity index is 1.39. The second-order valence-corrected chi connectivity index (χ2v) is 6.56. The van der Waals surface area contributed by atoms with Gasteiger partial charge in [-0.25, -0.2) is 4.39 Å². The predicted octanol–water partition coefficient (Wildman–Crippen LogP) is 4.67. The van der Waals surface area contributed by atoms with E-state index in [2.05, 4.69) is 35.2 Å². The van der Waals surface area contributed by atoms with E-state index in [9.17, 15) is 9.18 Å². The van der Waals surface area contributed by atoms with E-state index in [1.807, 2.05) is 0 Å². The van der Waals surface area contributed by atoms with Crippen LogP contribution in [0.4, 0.5) is 4.39 Å². The van der Waals surface area contributed by atoms with Crippen molar-refractivity contribution in [3.05, 3.63) is 71.5 Å². The Hall–Kier alpha value is -2.00. The number of benzene rings is 2. The van der Waals surface area contributed by atoms with Gasteiger partial charge in [-0.15, -0.1) is 0 Å². The van der Waals surface area contributed by atoms with Gasteiger partial charge in [-0.05, 0) is 74.6 Å². The van der Waals surface area contributed by atoms with Crippen molar-refractivity contribution in [1.82, 2.24) is 4.90 Å². The lowest BCUT2D eigenvalue weighted by Gasteiger charge is -2.32. The van der Waals surface area contributed by atoms with E-state index in [1.54, 1.807) is 12.1 Å². The van der Waals surface area contributed by atoms with Gasteiger partial charge in [0.15, 0.2) is 5.78 Å². The highest BCUT2D eigenvalue weighted by Gasteiger charge is 2.20. The van der Waals surface area contributed by atoms with Crippen LogP contribution in [0.15, 0.2) is 54.6 Å². The van der Waals surface area contributed by atoms with Crippen LogP contribution in [0.2, 0.25) is 0 Å². The number of halogens is 1. The summed E-state index contributed by atoms with van der Waals surface area (Å²) in [6.45, 7) is 3.17. The number of carbonyl (C=O) groups excluding carboxylic acids is 1. The first-order valence-electron chi connectivity index (χ1n) is 8.78. The molecule has 0 atom stereocenters. The van der Waals surface area contributed by atoms with Gasteiger partial charge < -0.3 is 4.90 Å². The molecule has 2 aromatic rings. The predicted molar refractivity (Wildman–Crippen MR) is 94.8 cm³/mol. The summed E-state index contributed by atoms with van der Waals surface area (Å²) in [6.07, 6.45) is 3.78. The molecule has 0 amide bonds. The Morgan fingerprint density at radius 3 is 2.33 bits per heavy atom. The van der Waals surface area contributed by atoms with Gasteiger partial charge >= 0.3 is 0 Å². The lowest BCUT2D eigenvalue weighted by atomic mass is 9.89. The Labute approximate surface area is 143 Å². The van der Waals surface area contributed by atoms with Crippen LogP contribution >= 0.6 is 0 Å². The van der Waals surface area contributed by atoms with Crippen LogP contribution in [-0.4, -0.2) is 30.3 Å². The molecule has 3 rings (SSSR count). The fourth-order valence-electron chi connectivity index (χ4n) is 3.46. The molecule has 126 valence electrons. The maximum absolute atomic E-state index is 12.9. The topological polar surface area (TPSA) is 20.3 Å². The Bertz CT molecular complexity index is 645. The third-order valence-electron chi connectivity index (χ3n) is 4.90. The molecular formula is C21H24FNO. The third-order valence-corrected chi connectivity index (χ3v) is 4.90. The Morgan fingerprint density at radius 1 is 1.00 bits per heavy atom. The van der Waals surface area contributed by atoms with Gasteiger partial charge in [0.1, 0.15) is 5.82 Å². The normalized spacial score (nSPS) is 16.2. The number of carbonyl (C=O) groups is 1. The summed E-state index contributed by atoms with van der Waals surface area (Å²) in [6, 6.07) is 16.6. The first-order chi connectivity index (χ1) is 11.7. The molecule has 0 aliphatic carbocycles. The van der Waals surface area contributed by atoms with Gasteiger partial charge in [-0.1, -0.05) is 30.3 Å². The SMILES string of the molecule is O=C(CCCN1CCC(c2ccccc2)CC1)c1ccc(F)cc1. The molecule has 1 aliphatic heterocycles. The molecule has 1 heterocycles. The summed E-state index contributed by atoms with van der Waals surface area (Å²) in [4.78, 5) is 14.5. The minimum absolute atomic E-state index is 0.106. The molecule has 1 aliphatic rings. The second-order valence-electron chi connectivity index (χ2n) is 6.56. The molecule has 3 heteroatoms. The van der Waals surface area contributed by atoms with Crippen molar-refractivity contribution in [2.75, 3.05) is 19.6 Å². The smallest absolute Gasteiger partial charge is 0.162 e. The van der Waals surface area contributed by atoms with Crippen LogP contribution in [0.1, 0.15) is 47.5 Å². The summed E-state index contributed by atoms with van der Waals surface area (Å²) < 4.78 is 12.9. The van der Waals surface area contributed by atoms with E-state index in [-0.39, 0.29) is 11.6 Å². The number of likely N-dealkylation sites (tertiary alicyclic amines) is 1. The largest absolute Gasteiger partial charge is 0.303 e. The van der Waals surface area contributed by atoms with Gasteiger partial charge in [-0.3, -0.25) is 4.79 Å². The molecule has 0 bridgehead atoms. The van der Waals surface area contributed by atoms with Crippen LogP contribution < -0.4 is 0 Å². The van der Waals surface area contributed by atoms with Crippen LogP contribution in [0.25, 0.3) is 0 Å². The Kier molecular flexibility index (Phi) is 5.76. The molecule has 2 aromatic carbocycles. The number of hydrogen-bond donors (Lipinski definition) is 0. The highest BCUT2D eigenvalue weighted by atomic mass is 19.1. The third kappa shape index (κ3) is 4.51. The standard InChI is InChI=1S/C21H24FNO/c22-20-10-8-19(9-11-20)21(24)7-4-14-23-15-12-18(13-16-23)17-5-2-1-3-6-17/h1-3,5-6,8-11,18H,4,7,12-16H2. The minimum atomic E-state index is -0.298. The number of nitrogens with zero attached hydrogens (tertiary/aromatic N) is 1. The Morgan fingerprint density at radius 2 is 1.67 bits per heavy atom. The number of ketones is 1. The molecular weight excluding hydrogens is 301 g/mol. The first kappa shape index (κ1) is 16.8. The second kappa shape index (κ2) is 8.20. The van der Waals surface area contributed by atoms with Gasteiger partial charge in [0.2, 0.25) is 0 Å². The zero-order chi connectivity index (χ0) is 16.8. The molecule has 0 saturated carbocycles. The molecule has 24 heavy (non-hydrogen) atoms. The summed E-state index contributed by atoms with van der Waals surface area (Å²) in [5.74, 6) is 0.477. The van der Waals surface area contributed by atoms with Crippen molar-refractivity contribution in [1.29, 1.82) is 0 Å². The molecule has 0 aromatic heterocycles. The molecule has 0 unspecified atom stereocenters. The molecule has 2 nitrogen and oxygen atoms in total. The molecule has 0 radical (unpaired) electrons. The fraction of sp³-hybridized carbons (Fsp3) is 0.381. The number of piperidine rings is 1. The van der Waals surface area contributed by atoms with Gasteiger partial charge in [0.25, 0.3) is 0 Å². The summed E-state index contributed by atoms with van der Waals surface area (Å²) in [5, 5.41) is 0. The highest BCUT2D eigenvalue weighted by Crippen LogP contribution is 2.27. The van der Waals surface area contributed by atoms with Crippen molar-refractivity contribution < 1.29 is 9.18 Å². The van der Waals surface area contributed by atoms with Crippen molar-refractivity contribution >= 4 is 5.78 Å². The van der Waals surface area contributed by atoms with Crippen LogP contribution in [-0.2, 0) is 0 Å². The maximum atomic E-state index is 12.9. The van der Waals surface area contributed by atoms with Crippen molar-refractivity contribution in [2.24, 2.45) is 0 Å². The van der Waals surface area contributed by atoms with Gasteiger partial charge in [0, 0.05) is 12.0 Å². The molecule has 0 N–H and O–H groups in total. The zero-order valence-electron chi connectivity index (χ0n) is 14.0. The van der Waals surface area contributed by atoms with E-state index in [1.165, 1.54) is 30.5 Å². The summed E-state index contributed by atoms with van der Waals surface area (Å²) in [5.41, 5.74) is 2.06. The van der Waals surface area contributed by atoms with E-state index in [0.29, 0.717) is 17.9 Å². The molecule has 1 saturated heterocycles. The highest BCUT2D eigenvalue weighted by molar-refractivity contribution is 5.95. The average molecular weight is 325 g/mol. The monoisotopic (exact) mass is 325 g/mol. The molecule has 1 fully saturated rings. The van der Waals surface area contributed by atoms with Crippen molar-refractivity contribution in [3.8, 4) is 0 Å². The van der Waals surface area contributed by atoms with Crippen molar-refractivity contribution in [2.45, 2.75) is 31.6 Å².